The highest BCUT2D eigenvalue weighted by Crippen LogP contribution is 2.34. The van der Waals surface area contributed by atoms with E-state index in [1.807, 2.05) is 17.9 Å². The largest absolute Gasteiger partial charge is 0.465 e. The maximum absolute atomic E-state index is 12.5. The fraction of sp³-hybridized carbons (Fsp3) is 0.692. The monoisotopic (exact) mass is 276 g/mol. The molecule has 1 aliphatic heterocycles. The molecular formula is C13H19F3N2O. The van der Waals surface area contributed by atoms with Crippen LogP contribution in [0.4, 0.5) is 13.2 Å². The second-order valence-corrected chi connectivity index (χ2v) is 5.09. The van der Waals surface area contributed by atoms with E-state index in [9.17, 15) is 13.2 Å². The van der Waals surface area contributed by atoms with Crippen LogP contribution in [0, 0.1) is 12.8 Å². The number of aryl methyl sites for hydroxylation is 1. The number of likely N-dealkylation sites (tertiary alicyclic amines) is 1. The summed E-state index contributed by atoms with van der Waals surface area (Å²) in [6.45, 7) is 3.75. The molecule has 0 atom stereocenters. The minimum atomic E-state index is -4.06. The van der Waals surface area contributed by atoms with E-state index in [-0.39, 0.29) is 12.8 Å². The van der Waals surface area contributed by atoms with Crippen molar-refractivity contribution in [1.82, 2.24) is 4.90 Å². The first-order valence-corrected chi connectivity index (χ1v) is 6.47. The highest BCUT2D eigenvalue weighted by Gasteiger charge is 2.41. The molecule has 2 heterocycles. The van der Waals surface area contributed by atoms with Gasteiger partial charge in [0.25, 0.3) is 0 Å². The van der Waals surface area contributed by atoms with Gasteiger partial charge in [-0.2, -0.15) is 13.2 Å². The van der Waals surface area contributed by atoms with E-state index in [0.717, 1.165) is 17.1 Å². The first kappa shape index (κ1) is 14.4. The molecule has 3 nitrogen and oxygen atoms in total. The van der Waals surface area contributed by atoms with E-state index in [2.05, 4.69) is 0 Å². The molecule has 0 saturated carbocycles. The fourth-order valence-corrected chi connectivity index (χ4v) is 2.51. The lowest BCUT2D eigenvalue weighted by molar-refractivity contribution is -0.185. The summed E-state index contributed by atoms with van der Waals surface area (Å²) in [5, 5.41) is 0. The van der Waals surface area contributed by atoms with Gasteiger partial charge in [-0.05, 0) is 38.9 Å². The summed E-state index contributed by atoms with van der Waals surface area (Å²) in [5.41, 5.74) is 6.52. The molecule has 1 saturated heterocycles. The molecule has 0 radical (unpaired) electrons. The summed E-state index contributed by atoms with van der Waals surface area (Å²) in [4.78, 5) is 2.00. The van der Waals surface area contributed by atoms with Crippen molar-refractivity contribution in [2.24, 2.45) is 11.7 Å². The van der Waals surface area contributed by atoms with Crippen LogP contribution in [0.2, 0.25) is 0 Å². The standard InChI is InChI=1S/C13H19F3N2O/c1-9-10(7-17)6-12(19-9)8-18-4-2-11(3-5-18)13(14,15)16/h6,11H,2-5,7-8,17H2,1H3. The smallest absolute Gasteiger partial charge is 0.391 e. The predicted molar refractivity (Wildman–Crippen MR) is 65.4 cm³/mol. The minimum Gasteiger partial charge on any atom is -0.465 e. The van der Waals surface area contributed by atoms with Gasteiger partial charge in [0.2, 0.25) is 0 Å². The van der Waals surface area contributed by atoms with Gasteiger partial charge < -0.3 is 10.2 Å². The second kappa shape index (κ2) is 5.54. The molecule has 2 rings (SSSR count). The van der Waals surface area contributed by atoms with Crippen LogP contribution in [-0.4, -0.2) is 24.2 Å². The van der Waals surface area contributed by atoms with Crippen LogP contribution >= 0.6 is 0 Å². The van der Waals surface area contributed by atoms with Crippen molar-refractivity contribution in [3.63, 3.8) is 0 Å². The van der Waals surface area contributed by atoms with Crippen molar-refractivity contribution in [3.8, 4) is 0 Å². The Balaban J connectivity index is 1.88. The van der Waals surface area contributed by atoms with Crippen LogP contribution in [0.15, 0.2) is 10.5 Å². The van der Waals surface area contributed by atoms with Gasteiger partial charge in [0.1, 0.15) is 11.5 Å². The number of hydrogen-bond acceptors (Lipinski definition) is 3. The lowest BCUT2D eigenvalue weighted by Crippen LogP contribution is -2.38. The van der Waals surface area contributed by atoms with Gasteiger partial charge in [-0.1, -0.05) is 0 Å². The van der Waals surface area contributed by atoms with Gasteiger partial charge >= 0.3 is 6.18 Å². The Bertz CT molecular complexity index is 420. The molecule has 1 fully saturated rings. The van der Waals surface area contributed by atoms with Crippen molar-refractivity contribution >= 4 is 0 Å². The normalized spacial score (nSPS) is 19.0. The second-order valence-electron chi connectivity index (χ2n) is 5.09. The van der Waals surface area contributed by atoms with Crippen LogP contribution in [0.3, 0.4) is 0 Å². The van der Waals surface area contributed by atoms with Crippen molar-refractivity contribution in [1.29, 1.82) is 0 Å². The van der Waals surface area contributed by atoms with Gasteiger partial charge in [0.05, 0.1) is 12.5 Å². The van der Waals surface area contributed by atoms with E-state index in [0.29, 0.717) is 26.2 Å². The average molecular weight is 276 g/mol. The highest BCUT2D eigenvalue weighted by atomic mass is 19.4. The third kappa shape index (κ3) is 3.51. The quantitative estimate of drug-likeness (QED) is 0.923. The highest BCUT2D eigenvalue weighted by molar-refractivity contribution is 5.20. The van der Waals surface area contributed by atoms with Gasteiger partial charge in [0, 0.05) is 12.1 Å². The third-order valence-corrected chi connectivity index (χ3v) is 3.72. The van der Waals surface area contributed by atoms with E-state index in [4.69, 9.17) is 10.2 Å². The van der Waals surface area contributed by atoms with Crippen molar-refractivity contribution < 1.29 is 17.6 Å². The first-order chi connectivity index (χ1) is 8.90. The van der Waals surface area contributed by atoms with Crippen LogP contribution in [-0.2, 0) is 13.1 Å². The molecule has 19 heavy (non-hydrogen) atoms. The number of alkyl halides is 3. The zero-order valence-corrected chi connectivity index (χ0v) is 11.0. The molecule has 1 aromatic rings. The molecule has 0 amide bonds. The van der Waals surface area contributed by atoms with Gasteiger partial charge in [-0.25, -0.2) is 0 Å². The molecule has 0 aromatic carbocycles. The number of piperidine rings is 1. The Hall–Kier alpha value is -1.01. The van der Waals surface area contributed by atoms with Crippen molar-refractivity contribution in [3.05, 3.63) is 23.2 Å². The minimum absolute atomic E-state index is 0.174. The molecule has 2 N–H and O–H groups in total. The van der Waals surface area contributed by atoms with Crippen LogP contribution in [0.25, 0.3) is 0 Å². The SMILES string of the molecule is Cc1oc(CN2CCC(C(F)(F)F)CC2)cc1CN. The summed E-state index contributed by atoms with van der Waals surface area (Å²) < 4.78 is 43.2. The summed E-state index contributed by atoms with van der Waals surface area (Å²) >= 11 is 0. The molecule has 108 valence electrons. The van der Waals surface area contributed by atoms with Crippen LogP contribution < -0.4 is 5.73 Å². The summed E-state index contributed by atoms with van der Waals surface area (Å²) in [6, 6.07) is 1.89. The van der Waals surface area contributed by atoms with Crippen molar-refractivity contribution in [2.75, 3.05) is 13.1 Å². The lowest BCUT2D eigenvalue weighted by Gasteiger charge is -2.32. The maximum atomic E-state index is 12.5. The molecule has 0 unspecified atom stereocenters. The van der Waals surface area contributed by atoms with Crippen LogP contribution in [0.1, 0.15) is 29.9 Å². The van der Waals surface area contributed by atoms with E-state index in [1.54, 1.807) is 0 Å². The molecule has 1 aliphatic rings. The van der Waals surface area contributed by atoms with E-state index < -0.39 is 12.1 Å². The molecular weight excluding hydrogens is 257 g/mol. The number of furan rings is 1. The predicted octanol–water partition coefficient (Wildman–Crippen LogP) is 2.82. The Labute approximate surface area is 110 Å². The van der Waals surface area contributed by atoms with Gasteiger partial charge in [0.15, 0.2) is 0 Å². The lowest BCUT2D eigenvalue weighted by atomic mass is 9.96. The number of hydrogen-bond donors (Lipinski definition) is 1. The summed E-state index contributed by atoms with van der Waals surface area (Å²) in [6.07, 6.45) is -3.71. The van der Waals surface area contributed by atoms with E-state index in [1.165, 1.54) is 0 Å². The summed E-state index contributed by atoms with van der Waals surface area (Å²) in [7, 11) is 0. The average Bonchev–Trinajstić information content (AvgIpc) is 2.69. The molecule has 6 heteroatoms. The topological polar surface area (TPSA) is 42.4 Å². The number of nitrogens with two attached hydrogens (primary N) is 1. The Morgan fingerprint density at radius 2 is 2.00 bits per heavy atom. The maximum Gasteiger partial charge on any atom is 0.391 e. The van der Waals surface area contributed by atoms with Crippen LogP contribution in [0.5, 0.6) is 0 Å². The zero-order valence-electron chi connectivity index (χ0n) is 11.0. The summed E-state index contributed by atoms with van der Waals surface area (Å²) in [5.74, 6) is 0.424. The Kier molecular flexibility index (Phi) is 4.20. The first-order valence-electron chi connectivity index (χ1n) is 6.47. The molecule has 0 bridgehead atoms. The fourth-order valence-electron chi connectivity index (χ4n) is 2.51. The zero-order chi connectivity index (χ0) is 14.0. The third-order valence-electron chi connectivity index (χ3n) is 3.72. The Morgan fingerprint density at radius 1 is 1.37 bits per heavy atom. The van der Waals surface area contributed by atoms with Crippen molar-refractivity contribution in [2.45, 2.75) is 39.0 Å². The molecule has 0 spiro atoms. The number of nitrogens with zero attached hydrogens (tertiary/aromatic N) is 1. The van der Waals surface area contributed by atoms with Gasteiger partial charge in [-0.3, -0.25) is 4.90 Å². The Morgan fingerprint density at radius 3 is 2.47 bits per heavy atom. The molecule has 0 aliphatic carbocycles. The van der Waals surface area contributed by atoms with E-state index >= 15 is 0 Å². The number of halogens is 3. The number of rotatable bonds is 3. The van der Waals surface area contributed by atoms with Gasteiger partial charge in [-0.15, -0.1) is 0 Å². The molecule has 1 aromatic heterocycles.